The van der Waals surface area contributed by atoms with E-state index < -0.39 is 10.0 Å². The largest absolute Gasteiger partial charge is 0.508 e. The molecule has 0 unspecified atom stereocenters. The van der Waals surface area contributed by atoms with Crippen LogP contribution in [0.1, 0.15) is 6.42 Å². The number of hydrogen-bond donors (Lipinski definition) is 1. The number of carbonyl (C=O) groups is 1. The number of benzene rings is 2. The topological polar surface area (TPSA) is 87.2 Å². The van der Waals surface area contributed by atoms with Gasteiger partial charge in [0.05, 0.1) is 17.9 Å². The first-order valence-electron chi connectivity index (χ1n) is 8.71. The first kappa shape index (κ1) is 19.2. The predicted octanol–water partition coefficient (Wildman–Crippen LogP) is 1.69. The van der Waals surface area contributed by atoms with Crippen LogP contribution < -0.4 is 4.74 Å². The summed E-state index contributed by atoms with van der Waals surface area (Å²) in [5.41, 5.74) is 0. The van der Waals surface area contributed by atoms with E-state index in [1.807, 2.05) is 0 Å². The number of hydrogen-bond acceptors (Lipinski definition) is 5. The van der Waals surface area contributed by atoms with Crippen molar-refractivity contribution in [2.45, 2.75) is 11.3 Å². The zero-order chi connectivity index (χ0) is 19.3. The second kappa shape index (κ2) is 8.41. The quantitative estimate of drug-likeness (QED) is 0.811. The van der Waals surface area contributed by atoms with Crippen molar-refractivity contribution < 1.29 is 23.1 Å². The van der Waals surface area contributed by atoms with Crippen LogP contribution in [-0.2, 0) is 14.8 Å². The molecule has 0 radical (unpaired) electrons. The van der Waals surface area contributed by atoms with Gasteiger partial charge in [0.25, 0.3) is 0 Å². The van der Waals surface area contributed by atoms with E-state index in [-0.39, 0.29) is 42.7 Å². The van der Waals surface area contributed by atoms with Crippen LogP contribution in [0.5, 0.6) is 11.5 Å². The minimum atomic E-state index is -3.52. The van der Waals surface area contributed by atoms with Gasteiger partial charge in [0.2, 0.25) is 15.9 Å². The summed E-state index contributed by atoms with van der Waals surface area (Å²) >= 11 is 0. The Balaban J connectivity index is 1.48. The molecule has 2 aromatic rings. The average molecular weight is 390 g/mol. The zero-order valence-electron chi connectivity index (χ0n) is 14.8. The summed E-state index contributed by atoms with van der Waals surface area (Å²) < 4.78 is 32.1. The lowest BCUT2D eigenvalue weighted by molar-refractivity contribution is -0.132. The number of phenols is 1. The molecule has 1 aliphatic rings. The Bertz CT molecular complexity index is 878. The Morgan fingerprint density at radius 2 is 1.70 bits per heavy atom. The van der Waals surface area contributed by atoms with Crippen molar-refractivity contribution in [2.75, 3.05) is 32.8 Å². The number of nitrogens with zero attached hydrogens (tertiary/aromatic N) is 2. The molecule has 1 saturated heterocycles. The molecule has 1 N–H and O–H groups in total. The number of sulfonamides is 1. The number of aromatic hydroxyl groups is 1. The molecular formula is C19H22N2O5S. The number of rotatable bonds is 6. The highest BCUT2D eigenvalue weighted by molar-refractivity contribution is 7.89. The summed E-state index contributed by atoms with van der Waals surface area (Å²) in [5.74, 6) is 0.531. The lowest BCUT2D eigenvalue weighted by Crippen LogP contribution is -2.50. The van der Waals surface area contributed by atoms with Crippen LogP contribution in [0.3, 0.4) is 0 Å². The molecule has 1 aliphatic heterocycles. The van der Waals surface area contributed by atoms with Crippen LogP contribution in [0, 0.1) is 0 Å². The normalized spacial score (nSPS) is 15.5. The van der Waals surface area contributed by atoms with E-state index in [2.05, 4.69) is 0 Å². The van der Waals surface area contributed by atoms with Gasteiger partial charge in [0, 0.05) is 32.2 Å². The van der Waals surface area contributed by atoms with Gasteiger partial charge in [-0.05, 0) is 24.3 Å². The Kier molecular flexibility index (Phi) is 5.98. The van der Waals surface area contributed by atoms with Crippen LogP contribution in [0.4, 0.5) is 0 Å². The second-order valence-electron chi connectivity index (χ2n) is 6.19. The molecule has 2 aromatic carbocycles. The van der Waals surface area contributed by atoms with Crippen molar-refractivity contribution in [1.82, 2.24) is 9.21 Å². The summed E-state index contributed by atoms with van der Waals surface area (Å²) in [6.45, 7) is 1.46. The summed E-state index contributed by atoms with van der Waals surface area (Å²) in [6, 6.07) is 14.7. The Hall–Kier alpha value is -2.58. The molecule has 144 valence electrons. The van der Waals surface area contributed by atoms with Gasteiger partial charge in [-0.1, -0.05) is 24.3 Å². The van der Waals surface area contributed by atoms with Crippen molar-refractivity contribution in [1.29, 1.82) is 0 Å². The molecular weight excluding hydrogens is 368 g/mol. The van der Waals surface area contributed by atoms with Crippen LogP contribution in [0.15, 0.2) is 59.5 Å². The third-order valence-corrected chi connectivity index (χ3v) is 6.29. The van der Waals surface area contributed by atoms with Crippen LogP contribution in [-0.4, -0.2) is 61.4 Å². The van der Waals surface area contributed by atoms with Gasteiger partial charge < -0.3 is 14.7 Å². The van der Waals surface area contributed by atoms with E-state index in [1.165, 1.54) is 10.4 Å². The number of piperazine rings is 1. The first-order valence-corrected chi connectivity index (χ1v) is 10.2. The molecule has 0 bridgehead atoms. The minimum Gasteiger partial charge on any atom is -0.508 e. The summed E-state index contributed by atoms with van der Waals surface area (Å²) in [6.07, 6.45) is 0.196. The smallest absolute Gasteiger partial charge is 0.243 e. The standard InChI is InChI=1S/C19H22N2O5S/c22-16-5-4-6-17(15-16)26-14-9-19(23)20-10-12-21(13-11-20)27(24,25)18-7-2-1-3-8-18/h1-8,15,22H,9-14H2. The second-order valence-corrected chi connectivity index (χ2v) is 8.13. The third-order valence-electron chi connectivity index (χ3n) is 4.37. The maximum atomic E-state index is 12.6. The highest BCUT2D eigenvalue weighted by atomic mass is 32.2. The SMILES string of the molecule is O=C(CCOc1cccc(O)c1)N1CCN(S(=O)(=O)c2ccccc2)CC1. The molecule has 8 heteroatoms. The Morgan fingerprint density at radius 1 is 1.00 bits per heavy atom. The minimum absolute atomic E-state index is 0.0769. The van der Waals surface area contributed by atoms with Gasteiger partial charge in [0.15, 0.2) is 0 Å². The number of carbonyl (C=O) groups excluding carboxylic acids is 1. The summed E-state index contributed by atoms with van der Waals surface area (Å²) in [7, 11) is -3.52. The van der Waals surface area contributed by atoms with E-state index in [1.54, 1.807) is 53.4 Å². The molecule has 1 amide bonds. The molecule has 1 fully saturated rings. The average Bonchev–Trinajstić information content (AvgIpc) is 2.69. The number of ether oxygens (including phenoxy) is 1. The predicted molar refractivity (Wildman–Crippen MR) is 100.0 cm³/mol. The van der Waals surface area contributed by atoms with Crippen LogP contribution >= 0.6 is 0 Å². The van der Waals surface area contributed by atoms with Crippen molar-refractivity contribution in [2.24, 2.45) is 0 Å². The molecule has 0 saturated carbocycles. The molecule has 7 nitrogen and oxygen atoms in total. The van der Waals surface area contributed by atoms with Crippen LogP contribution in [0.2, 0.25) is 0 Å². The van der Waals surface area contributed by atoms with Crippen molar-refractivity contribution >= 4 is 15.9 Å². The van der Waals surface area contributed by atoms with E-state index in [0.29, 0.717) is 18.8 Å². The molecule has 3 rings (SSSR count). The van der Waals surface area contributed by atoms with E-state index >= 15 is 0 Å². The molecule has 27 heavy (non-hydrogen) atoms. The highest BCUT2D eigenvalue weighted by Gasteiger charge is 2.29. The molecule has 0 spiro atoms. The van der Waals surface area contributed by atoms with Gasteiger partial charge in [-0.15, -0.1) is 0 Å². The third kappa shape index (κ3) is 4.78. The number of phenolic OH excluding ortho intramolecular Hbond substituents is 1. The summed E-state index contributed by atoms with van der Waals surface area (Å²) in [4.78, 5) is 14.2. The Labute approximate surface area is 158 Å². The zero-order valence-corrected chi connectivity index (χ0v) is 15.6. The van der Waals surface area contributed by atoms with Crippen molar-refractivity contribution in [3.63, 3.8) is 0 Å². The van der Waals surface area contributed by atoms with Gasteiger partial charge in [-0.2, -0.15) is 4.31 Å². The lowest BCUT2D eigenvalue weighted by atomic mass is 10.3. The van der Waals surface area contributed by atoms with Gasteiger partial charge in [-0.25, -0.2) is 8.42 Å². The summed E-state index contributed by atoms with van der Waals surface area (Å²) in [5, 5.41) is 9.39. The molecule has 0 atom stereocenters. The monoisotopic (exact) mass is 390 g/mol. The van der Waals surface area contributed by atoms with E-state index in [0.717, 1.165) is 0 Å². The van der Waals surface area contributed by atoms with Gasteiger partial charge >= 0.3 is 0 Å². The number of amides is 1. The first-order chi connectivity index (χ1) is 13.0. The fourth-order valence-corrected chi connectivity index (χ4v) is 4.35. The van der Waals surface area contributed by atoms with E-state index in [9.17, 15) is 18.3 Å². The maximum Gasteiger partial charge on any atom is 0.243 e. The lowest BCUT2D eigenvalue weighted by Gasteiger charge is -2.34. The van der Waals surface area contributed by atoms with Crippen LogP contribution in [0.25, 0.3) is 0 Å². The Morgan fingerprint density at radius 3 is 2.37 bits per heavy atom. The molecule has 1 heterocycles. The van der Waals surface area contributed by atoms with Gasteiger partial charge in [0.1, 0.15) is 11.5 Å². The molecule has 0 aliphatic carbocycles. The van der Waals surface area contributed by atoms with E-state index in [4.69, 9.17) is 4.74 Å². The molecule has 0 aromatic heterocycles. The van der Waals surface area contributed by atoms with Gasteiger partial charge in [-0.3, -0.25) is 4.79 Å². The van der Waals surface area contributed by atoms with Crippen molar-refractivity contribution in [3.8, 4) is 11.5 Å². The fraction of sp³-hybridized carbons (Fsp3) is 0.316. The van der Waals surface area contributed by atoms with Crippen molar-refractivity contribution in [3.05, 3.63) is 54.6 Å². The highest BCUT2D eigenvalue weighted by Crippen LogP contribution is 2.19. The maximum absolute atomic E-state index is 12.6. The fourth-order valence-electron chi connectivity index (χ4n) is 2.91.